The van der Waals surface area contributed by atoms with Gasteiger partial charge in [0.15, 0.2) is 0 Å². The van der Waals surface area contributed by atoms with Crippen molar-refractivity contribution in [2.24, 2.45) is 7.05 Å². The lowest BCUT2D eigenvalue weighted by atomic mass is 10.0. The zero-order valence-corrected chi connectivity index (χ0v) is 18.1. The van der Waals surface area contributed by atoms with Crippen LogP contribution in [0, 0.1) is 0 Å². The highest BCUT2D eigenvalue weighted by Gasteiger charge is 2.22. The number of carbonyl (C=O) groups excluding carboxylic acids is 1. The molecule has 0 aliphatic heterocycles. The average molecular weight is 428 g/mol. The van der Waals surface area contributed by atoms with Gasteiger partial charge >= 0.3 is 0 Å². The standard InChI is InChI=1S/C26H25N3O3/c1-29-16-15-27-25(29)24(21-9-6-10-23(17-21)31-2)28-26(30)20-11-13-22(14-12-20)32-18-19-7-4-3-5-8-19/h3-17,24H,18H2,1-2H3,(H,28,30). The number of methoxy groups -OCH3 is 1. The molecule has 32 heavy (non-hydrogen) atoms. The molecule has 6 nitrogen and oxygen atoms in total. The molecule has 1 atom stereocenters. The van der Waals surface area contributed by atoms with Crippen molar-refractivity contribution in [3.63, 3.8) is 0 Å². The minimum atomic E-state index is -0.424. The number of rotatable bonds is 8. The predicted molar refractivity (Wildman–Crippen MR) is 123 cm³/mol. The van der Waals surface area contributed by atoms with Gasteiger partial charge in [0.1, 0.15) is 30.0 Å². The van der Waals surface area contributed by atoms with Gasteiger partial charge in [-0.25, -0.2) is 4.98 Å². The molecule has 0 saturated carbocycles. The Balaban J connectivity index is 1.50. The van der Waals surface area contributed by atoms with Crippen molar-refractivity contribution in [1.29, 1.82) is 0 Å². The summed E-state index contributed by atoms with van der Waals surface area (Å²) in [4.78, 5) is 17.5. The van der Waals surface area contributed by atoms with Crippen molar-refractivity contribution in [1.82, 2.24) is 14.9 Å². The van der Waals surface area contributed by atoms with Crippen molar-refractivity contribution >= 4 is 5.91 Å². The van der Waals surface area contributed by atoms with E-state index in [1.165, 1.54) is 0 Å². The molecule has 0 aliphatic rings. The van der Waals surface area contributed by atoms with Gasteiger partial charge in [0.2, 0.25) is 0 Å². The third kappa shape index (κ3) is 4.98. The molecule has 4 aromatic rings. The van der Waals surface area contributed by atoms with Gasteiger partial charge in [-0.3, -0.25) is 4.79 Å². The van der Waals surface area contributed by atoms with E-state index in [0.717, 1.165) is 22.7 Å². The van der Waals surface area contributed by atoms with Crippen LogP contribution in [0.3, 0.4) is 0 Å². The Morgan fingerprint density at radius 2 is 1.78 bits per heavy atom. The van der Waals surface area contributed by atoms with Crippen LogP contribution in [0.2, 0.25) is 0 Å². The second-order valence-electron chi connectivity index (χ2n) is 7.38. The topological polar surface area (TPSA) is 65.4 Å². The van der Waals surface area contributed by atoms with E-state index in [1.807, 2.05) is 72.4 Å². The molecule has 0 aliphatic carbocycles. The van der Waals surface area contributed by atoms with Gasteiger partial charge in [0.25, 0.3) is 5.91 Å². The second-order valence-corrected chi connectivity index (χ2v) is 7.38. The predicted octanol–water partition coefficient (Wildman–Crippen LogP) is 4.53. The van der Waals surface area contributed by atoms with E-state index in [1.54, 1.807) is 37.6 Å². The molecule has 0 fully saturated rings. The maximum atomic E-state index is 13.1. The molecule has 1 unspecified atom stereocenters. The normalized spacial score (nSPS) is 11.6. The molecule has 3 aromatic carbocycles. The Morgan fingerprint density at radius 1 is 1.00 bits per heavy atom. The van der Waals surface area contributed by atoms with Gasteiger partial charge in [-0.15, -0.1) is 0 Å². The van der Waals surface area contributed by atoms with Crippen LogP contribution in [0.15, 0.2) is 91.3 Å². The summed E-state index contributed by atoms with van der Waals surface area (Å²) < 4.78 is 13.1. The van der Waals surface area contributed by atoms with Gasteiger partial charge < -0.3 is 19.4 Å². The van der Waals surface area contributed by atoms with Crippen LogP contribution in [-0.4, -0.2) is 22.6 Å². The van der Waals surface area contributed by atoms with Crippen molar-refractivity contribution < 1.29 is 14.3 Å². The third-order valence-corrected chi connectivity index (χ3v) is 5.18. The van der Waals surface area contributed by atoms with E-state index < -0.39 is 6.04 Å². The Labute approximate surface area is 187 Å². The summed E-state index contributed by atoms with van der Waals surface area (Å²) in [6.45, 7) is 0.476. The fourth-order valence-corrected chi connectivity index (χ4v) is 3.43. The molecule has 4 rings (SSSR count). The van der Waals surface area contributed by atoms with Gasteiger partial charge in [-0.1, -0.05) is 42.5 Å². The number of hydrogen-bond acceptors (Lipinski definition) is 4. The molecular formula is C26H25N3O3. The Bertz CT molecular complexity index is 1170. The largest absolute Gasteiger partial charge is 0.497 e. The smallest absolute Gasteiger partial charge is 0.252 e. The summed E-state index contributed by atoms with van der Waals surface area (Å²) in [5.74, 6) is 1.96. The summed E-state index contributed by atoms with van der Waals surface area (Å²) in [7, 11) is 3.52. The van der Waals surface area contributed by atoms with Crippen molar-refractivity contribution in [2.75, 3.05) is 7.11 Å². The van der Waals surface area contributed by atoms with Crippen LogP contribution in [0.25, 0.3) is 0 Å². The third-order valence-electron chi connectivity index (χ3n) is 5.18. The van der Waals surface area contributed by atoms with E-state index in [9.17, 15) is 4.79 Å². The molecule has 162 valence electrons. The fraction of sp³-hybridized carbons (Fsp3) is 0.154. The highest BCUT2D eigenvalue weighted by Crippen LogP contribution is 2.25. The summed E-state index contributed by atoms with van der Waals surface area (Å²) in [6.07, 6.45) is 3.57. The molecule has 1 amide bonds. The Kier molecular flexibility index (Phi) is 6.51. The summed E-state index contributed by atoms with van der Waals surface area (Å²) in [5.41, 5.74) is 2.51. The van der Waals surface area contributed by atoms with Crippen LogP contribution >= 0.6 is 0 Å². The SMILES string of the molecule is COc1cccc(C(NC(=O)c2ccc(OCc3ccccc3)cc2)c2nccn2C)c1. The molecular weight excluding hydrogens is 402 g/mol. The molecule has 0 radical (unpaired) electrons. The molecule has 1 aromatic heterocycles. The first kappa shape index (κ1) is 21.2. The highest BCUT2D eigenvalue weighted by molar-refractivity contribution is 5.94. The minimum absolute atomic E-state index is 0.199. The number of aromatic nitrogens is 2. The number of nitrogens with zero attached hydrogens (tertiary/aromatic N) is 2. The van der Waals surface area contributed by atoms with Gasteiger partial charge in [0, 0.05) is 25.0 Å². The lowest BCUT2D eigenvalue weighted by molar-refractivity contribution is 0.0941. The second kappa shape index (κ2) is 9.83. The monoisotopic (exact) mass is 427 g/mol. The number of nitrogens with one attached hydrogen (secondary N) is 1. The lowest BCUT2D eigenvalue weighted by Gasteiger charge is -2.20. The first-order valence-electron chi connectivity index (χ1n) is 10.3. The Hall–Kier alpha value is -4.06. The summed E-state index contributed by atoms with van der Waals surface area (Å²) >= 11 is 0. The van der Waals surface area contributed by atoms with E-state index in [4.69, 9.17) is 9.47 Å². The van der Waals surface area contributed by atoms with Crippen molar-refractivity contribution in [3.05, 3.63) is 114 Å². The molecule has 1 N–H and O–H groups in total. The number of aryl methyl sites for hydroxylation is 1. The quantitative estimate of drug-likeness (QED) is 0.449. The molecule has 1 heterocycles. The van der Waals surface area contributed by atoms with Crippen LogP contribution in [0.5, 0.6) is 11.5 Å². The van der Waals surface area contributed by atoms with Gasteiger partial charge in [-0.05, 0) is 47.5 Å². The van der Waals surface area contributed by atoms with Gasteiger partial charge in [0.05, 0.1) is 7.11 Å². The van der Waals surface area contributed by atoms with Gasteiger partial charge in [-0.2, -0.15) is 0 Å². The molecule has 0 spiro atoms. The first-order valence-corrected chi connectivity index (χ1v) is 10.3. The fourth-order valence-electron chi connectivity index (χ4n) is 3.43. The molecule has 0 bridgehead atoms. The number of hydrogen-bond donors (Lipinski definition) is 1. The van der Waals surface area contributed by atoms with E-state index in [-0.39, 0.29) is 5.91 Å². The molecule has 0 saturated heterocycles. The zero-order chi connectivity index (χ0) is 22.3. The summed E-state index contributed by atoms with van der Waals surface area (Å²) in [6, 6.07) is 24.3. The number of imidazole rings is 1. The maximum Gasteiger partial charge on any atom is 0.252 e. The van der Waals surface area contributed by atoms with Crippen LogP contribution < -0.4 is 14.8 Å². The molecule has 6 heteroatoms. The van der Waals surface area contributed by atoms with E-state index in [2.05, 4.69) is 10.3 Å². The summed E-state index contributed by atoms with van der Waals surface area (Å²) in [5, 5.41) is 3.10. The zero-order valence-electron chi connectivity index (χ0n) is 18.1. The van der Waals surface area contributed by atoms with Crippen molar-refractivity contribution in [2.45, 2.75) is 12.6 Å². The lowest BCUT2D eigenvalue weighted by Crippen LogP contribution is -2.31. The average Bonchev–Trinajstić information content (AvgIpc) is 3.27. The minimum Gasteiger partial charge on any atom is -0.497 e. The number of ether oxygens (including phenoxy) is 2. The van der Waals surface area contributed by atoms with Crippen LogP contribution in [0.1, 0.15) is 33.4 Å². The number of amides is 1. The number of benzene rings is 3. The first-order chi connectivity index (χ1) is 15.6. The van der Waals surface area contributed by atoms with Crippen LogP contribution in [-0.2, 0) is 13.7 Å². The highest BCUT2D eigenvalue weighted by atomic mass is 16.5. The van der Waals surface area contributed by atoms with E-state index >= 15 is 0 Å². The van der Waals surface area contributed by atoms with Crippen molar-refractivity contribution in [3.8, 4) is 11.5 Å². The van der Waals surface area contributed by atoms with E-state index in [0.29, 0.717) is 17.9 Å². The Morgan fingerprint density at radius 3 is 2.47 bits per heavy atom. The van der Waals surface area contributed by atoms with Crippen LogP contribution in [0.4, 0.5) is 0 Å². The number of carbonyl (C=O) groups is 1. The maximum absolute atomic E-state index is 13.1.